The van der Waals surface area contributed by atoms with Crippen LogP contribution in [0.15, 0.2) is 6.33 Å². The molecule has 3 N–H and O–H groups in total. The van der Waals surface area contributed by atoms with Gasteiger partial charge in [-0.05, 0) is 24.7 Å². The molecule has 1 unspecified atom stereocenters. The second-order valence-electron chi connectivity index (χ2n) is 5.87. The van der Waals surface area contributed by atoms with Crippen LogP contribution in [0.2, 0.25) is 0 Å². The average molecular weight is 266 g/mol. The zero-order chi connectivity index (χ0) is 14.0. The maximum Gasteiger partial charge on any atom is 0.311 e. The SMILES string of the molecule is CC(C)Cn1ncnc1CC(CN)(C(=O)O)C1CC1. The van der Waals surface area contributed by atoms with E-state index in [-0.39, 0.29) is 12.5 Å². The largest absolute Gasteiger partial charge is 0.481 e. The number of aliphatic carboxylic acids is 1. The first-order valence-electron chi connectivity index (χ1n) is 6.79. The van der Waals surface area contributed by atoms with Crippen molar-refractivity contribution in [1.82, 2.24) is 14.8 Å². The molecular formula is C13H22N4O2. The summed E-state index contributed by atoms with van der Waals surface area (Å²) in [5.74, 6) is 0.544. The van der Waals surface area contributed by atoms with Crippen molar-refractivity contribution in [3.05, 3.63) is 12.2 Å². The Hall–Kier alpha value is -1.43. The molecule has 1 heterocycles. The molecule has 1 aromatic rings. The van der Waals surface area contributed by atoms with Crippen molar-refractivity contribution in [1.29, 1.82) is 0 Å². The Labute approximate surface area is 113 Å². The quantitative estimate of drug-likeness (QED) is 0.765. The van der Waals surface area contributed by atoms with E-state index < -0.39 is 11.4 Å². The van der Waals surface area contributed by atoms with Crippen molar-refractivity contribution in [3.8, 4) is 0 Å². The standard InChI is InChI=1S/C13H22N4O2/c1-9(2)6-17-11(15-8-16-17)5-13(7-14,12(18)19)10-3-4-10/h8-10H,3-7,14H2,1-2H3,(H,18,19). The monoisotopic (exact) mass is 266 g/mol. The minimum atomic E-state index is -0.873. The third-order valence-corrected chi connectivity index (χ3v) is 3.86. The lowest BCUT2D eigenvalue weighted by molar-refractivity contribution is -0.149. The number of nitrogens with two attached hydrogens (primary N) is 1. The smallest absolute Gasteiger partial charge is 0.311 e. The molecule has 1 aliphatic carbocycles. The Morgan fingerprint density at radius 2 is 2.32 bits per heavy atom. The van der Waals surface area contributed by atoms with Gasteiger partial charge in [-0.2, -0.15) is 5.10 Å². The molecule has 0 spiro atoms. The first-order chi connectivity index (χ1) is 8.99. The number of hydrogen-bond acceptors (Lipinski definition) is 4. The van der Waals surface area contributed by atoms with E-state index in [0.717, 1.165) is 25.2 Å². The minimum Gasteiger partial charge on any atom is -0.481 e. The van der Waals surface area contributed by atoms with E-state index in [1.165, 1.54) is 6.33 Å². The molecular weight excluding hydrogens is 244 g/mol. The van der Waals surface area contributed by atoms with Crippen LogP contribution in [0.3, 0.4) is 0 Å². The molecule has 0 amide bonds. The number of carboxylic acids is 1. The van der Waals surface area contributed by atoms with Gasteiger partial charge in [-0.15, -0.1) is 0 Å². The molecule has 1 saturated carbocycles. The summed E-state index contributed by atoms with van der Waals surface area (Å²) in [6, 6.07) is 0. The van der Waals surface area contributed by atoms with Crippen molar-refractivity contribution in [3.63, 3.8) is 0 Å². The van der Waals surface area contributed by atoms with Crippen LogP contribution in [-0.4, -0.2) is 32.4 Å². The summed E-state index contributed by atoms with van der Waals surface area (Å²) in [5, 5.41) is 13.8. The third-order valence-electron chi connectivity index (χ3n) is 3.86. The molecule has 0 aliphatic heterocycles. The van der Waals surface area contributed by atoms with E-state index in [9.17, 15) is 9.90 Å². The molecule has 1 atom stereocenters. The van der Waals surface area contributed by atoms with Crippen LogP contribution >= 0.6 is 0 Å². The van der Waals surface area contributed by atoms with Gasteiger partial charge in [0, 0.05) is 19.5 Å². The summed E-state index contributed by atoms with van der Waals surface area (Å²) in [7, 11) is 0. The Kier molecular flexibility index (Phi) is 3.89. The first-order valence-corrected chi connectivity index (χ1v) is 6.79. The Balaban J connectivity index is 2.22. The molecule has 1 fully saturated rings. The molecule has 1 aromatic heterocycles. The van der Waals surface area contributed by atoms with E-state index >= 15 is 0 Å². The van der Waals surface area contributed by atoms with Crippen molar-refractivity contribution < 1.29 is 9.90 Å². The highest BCUT2D eigenvalue weighted by molar-refractivity contribution is 5.76. The summed E-state index contributed by atoms with van der Waals surface area (Å²) in [6.07, 6.45) is 3.76. The summed E-state index contributed by atoms with van der Waals surface area (Å²) in [5.41, 5.74) is 4.91. The van der Waals surface area contributed by atoms with Gasteiger partial charge in [0.25, 0.3) is 0 Å². The molecule has 0 aromatic carbocycles. The third kappa shape index (κ3) is 2.78. The molecule has 1 aliphatic rings. The molecule has 6 heteroatoms. The van der Waals surface area contributed by atoms with E-state index in [1.807, 2.05) is 0 Å². The van der Waals surface area contributed by atoms with E-state index in [1.54, 1.807) is 4.68 Å². The first kappa shape index (κ1) is 14.0. The van der Waals surface area contributed by atoms with Crippen LogP contribution in [0, 0.1) is 17.3 Å². The Morgan fingerprint density at radius 1 is 1.63 bits per heavy atom. The lowest BCUT2D eigenvalue weighted by Gasteiger charge is -2.27. The van der Waals surface area contributed by atoms with Crippen LogP contribution in [0.5, 0.6) is 0 Å². The summed E-state index contributed by atoms with van der Waals surface area (Å²) < 4.78 is 1.81. The van der Waals surface area contributed by atoms with Gasteiger partial charge in [0.2, 0.25) is 0 Å². The van der Waals surface area contributed by atoms with Gasteiger partial charge in [-0.25, -0.2) is 9.67 Å². The normalized spacial score (nSPS) is 18.5. The van der Waals surface area contributed by atoms with Crippen LogP contribution in [0.4, 0.5) is 0 Å². The van der Waals surface area contributed by atoms with Crippen molar-refractivity contribution in [2.24, 2.45) is 23.0 Å². The average Bonchev–Trinajstić information content (AvgIpc) is 3.10. The summed E-state index contributed by atoms with van der Waals surface area (Å²) in [4.78, 5) is 15.9. The Morgan fingerprint density at radius 3 is 2.79 bits per heavy atom. The van der Waals surface area contributed by atoms with Gasteiger partial charge in [-0.3, -0.25) is 4.79 Å². The highest BCUT2D eigenvalue weighted by atomic mass is 16.4. The van der Waals surface area contributed by atoms with Gasteiger partial charge >= 0.3 is 5.97 Å². The predicted octanol–water partition coefficient (Wildman–Crippen LogP) is 0.916. The lowest BCUT2D eigenvalue weighted by Crippen LogP contribution is -2.43. The second kappa shape index (κ2) is 5.28. The molecule has 2 rings (SSSR count). The number of nitrogens with zero attached hydrogens (tertiary/aromatic N) is 3. The van der Waals surface area contributed by atoms with Crippen LogP contribution in [0.1, 0.15) is 32.5 Å². The molecule has 106 valence electrons. The number of aromatic nitrogens is 3. The van der Waals surface area contributed by atoms with Gasteiger partial charge in [0.05, 0.1) is 5.41 Å². The zero-order valence-corrected chi connectivity index (χ0v) is 11.5. The molecule has 0 saturated heterocycles. The maximum atomic E-state index is 11.7. The van der Waals surface area contributed by atoms with Crippen LogP contribution in [-0.2, 0) is 17.8 Å². The van der Waals surface area contributed by atoms with E-state index in [0.29, 0.717) is 12.3 Å². The van der Waals surface area contributed by atoms with Crippen molar-refractivity contribution in [2.75, 3.05) is 6.54 Å². The zero-order valence-electron chi connectivity index (χ0n) is 11.5. The fourth-order valence-corrected chi connectivity index (χ4v) is 2.56. The molecule has 0 radical (unpaired) electrons. The number of carbonyl (C=O) groups is 1. The Bertz CT molecular complexity index is 453. The fourth-order valence-electron chi connectivity index (χ4n) is 2.56. The van der Waals surface area contributed by atoms with Gasteiger partial charge in [0.1, 0.15) is 12.2 Å². The molecule has 0 bridgehead atoms. The van der Waals surface area contributed by atoms with Gasteiger partial charge in [0.15, 0.2) is 0 Å². The fraction of sp³-hybridized carbons (Fsp3) is 0.769. The van der Waals surface area contributed by atoms with Crippen LogP contribution < -0.4 is 5.73 Å². The minimum absolute atomic E-state index is 0.154. The second-order valence-corrected chi connectivity index (χ2v) is 5.87. The highest BCUT2D eigenvalue weighted by Gasteiger charge is 2.51. The van der Waals surface area contributed by atoms with E-state index in [4.69, 9.17) is 5.73 Å². The summed E-state index contributed by atoms with van der Waals surface area (Å²) >= 11 is 0. The molecule has 6 nitrogen and oxygen atoms in total. The van der Waals surface area contributed by atoms with E-state index in [2.05, 4.69) is 23.9 Å². The topological polar surface area (TPSA) is 94.0 Å². The predicted molar refractivity (Wildman–Crippen MR) is 70.4 cm³/mol. The number of rotatable bonds is 7. The maximum absolute atomic E-state index is 11.7. The summed E-state index contributed by atoms with van der Waals surface area (Å²) in [6.45, 7) is 5.10. The van der Waals surface area contributed by atoms with Gasteiger partial charge in [-0.1, -0.05) is 13.8 Å². The number of carboxylic acid groups (broad SMARTS) is 1. The van der Waals surface area contributed by atoms with Crippen molar-refractivity contribution >= 4 is 5.97 Å². The number of hydrogen-bond donors (Lipinski definition) is 2. The van der Waals surface area contributed by atoms with Crippen LogP contribution in [0.25, 0.3) is 0 Å². The lowest BCUT2D eigenvalue weighted by atomic mass is 9.79. The molecule has 19 heavy (non-hydrogen) atoms. The van der Waals surface area contributed by atoms with Crippen molar-refractivity contribution in [2.45, 2.75) is 39.7 Å². The van der Waals surface area contributed by atoms with Gasteiger partial charge < -0.3 is 10.8 Å². The highest BCUT2D eigenvalue weighted by Crippen LogP contribution is 2.47.